The maximum absolute atomic E-state index is 6.80. The number of hydrogen-bond donors (Lipinski definition) is 0. The number of para-hydroxylation sites is 2. The molecule has 2 aromatic heterocycles. The number of anilines is 2. The van der Waals surface area contributed by atoms with Crippen molar-refractivity contribution in [3.63, 3.8) is 0 Å². The predicted octanol–water partition coefficient (Wildman–Crippen LogP) is 13.5. The van der Waals surface area contributed by atoms with Crippen molar-refractivity contribution < 1.29 is 24.1 Å². The molecule has 6 aromatic rings. The molecule has 0 bridgehead atoms. The second-order valence-corrected chi connectivity index (χ2v) is 21.3. The number of aromatic nitrogens is 3. The molecule has 3 aliphatic rings. The van der Waals surface area contributed by atoms with E-state index in [4.69, 9.17) is 9.72 Å². The van der Waals surface area contributed by atoms with E-state index in [1.165, 1.54) is 72.9 Å². The predicted molar refractivity (Wildman–Crippen MR) is 234 cm³/mol. The van der Waals surface area contributed by atoms with Crippen molar-refractivity contribution in [3.8, 4) is 22.9 Å². The summed E-state index contributed by atoms with van der Waals surface area (Å²) in [6.45, 7) is 20.7. The van der Waals surface area contributed by atoms with E-state index in [-0.39, 0.29) is 21.8 Å². The zero-order chi connectivity index (χ0) is 40.8. The molecule has 0 radical (unpaired) electrons. The minimum atomic E-state index is 0.00814. The van der Waals surface area contributed by atoms with Gasteiger partial charge < -0.3 is 0 Å². The third-order valence-electron chi connectivity index (χ3n) is 13.3. The van der Waals surface area contributed by atoms with Crippen LogP contribution in [0.4, 0.5) is 11.5 Å². The summed E-state index contributed by atoms with van der Waals surface area (Å²) in [6, 6.07) is 38.6. The normalized spacial score (nSPS) is 19.2. The molecule has 2 fully saturated rings. The first-order chi connectivity index (χ1) is 27.5. The molecule has 1 aliphatic heterocycles. The molecule has 304 valence electrons. The molecule has 0 N–H and O–H groups in total. The van der Waals surface area contributed by atoms with E-state index in [9.17, 15) is 0 Å². The monoisotopic (exact) mass is 949 g/mol. The van der Waals surface area contributed by atoms with Crippen molar-refractivity contribution in [3.05, 3.63) is 129 Å². The quantitative estimate of drug-likeness (QED) is 0.162. The first-order valence-corrected chi connectivity index (χ1v) is 22.5. The summed E-state index contributed by atoms with van der Waals surface area (Å²) in [5.41, 5.74) is 11.0. The van der Waals surface area contributed by atoms with E-state index >= 15 is 0 Å². The zero-order valence-corrected chi connectivity index (χ0v) is 38.1. The van der Waals surface area contributed by atoms with Crippen LogP contribution in [0.2, 0.25) is 0 Å². The summed E-state index contributed by atoms with van der Waals surface area (Å²) in [5.74, 6) is 3.61. The van der Waals surface area contributed by atoms with Crippen molar-refractivity contribution in [2.75, 3.05) is 4.90 Å². The van der Waals surface area contributed by atoms with Gasteiger partial charge in [-0.15, -0.1) is 0 Å². The number of rotatable bonds is 5. The second-order valence-electron chi connectivity index (χ2n) is 20.2. The van der Waals surface area contributed by atoms with Crippen molar-refractivity contribution in [2.24, 2.45) is 5.92 Å². The molecule has 0 saturated heterocycles. The molecule has 2 saturated carbocycles. The van der Waals surface area contributed by atoms with Gasteiger partial charge in [0.2, 0.25) is 0 Å². The molecule has 3 heterocycles. The van der Waals surface area contributed by atoms with Crippen molar-refractivity contribution in [1.82, 2.24) is 14.1 Å². The Morgan fingerprint density at radius 3 is 2.00 bits per heavy atom. The van der Waals surface area contributed by atoms with E-state index in [1.54, 1.807) is 0 Å². The van der Waals surface area contributed by atoms with Crippen LogP contribution >= 0.6 is 0 Å². The summed E-state index contributed by atoms with van der Waals surface area (Å²) in [5, 5.41) is 0. The van der Waals surface area contributed by atoms with Crippen LogP contribution in [0.3, 0.4) is 0 Å². The Hall–Kier alpha value is -4.21. The molecular formula is C52H58N4OPt-2. The van der Waals surface area contributed by atoms with Crippen LogP contribution in [-0.4, -0.2) is 19.7 Å². The Bertz CT molecular complexity index is 2550. The third kappa shape index (κ3) is 6.74. The van der Waals surface area contributed by atoms with Crippen molar-refractivity contribution >= 4 is 22.5 Å². The number of fused-ring (bicyclic) bond motifs is 5. The number of imidazole rings is 1. The van der Waals surface area contributed by atoms with Crippen LogP contribution in [0, 0.1) is 21.9 Å². The molecule has 2 aliphatic carbocycles. The topological polar surface area (TPSA) is 35.2 Å². The Morgan fingerprint density at radius 2 is 1.33 bits per heavy atom. The molecule has 4 aromatic carbocycles. The van der Waals surface area contributed by atoms with E-state index in [1.807, 2.05) is 12.3 Å². The molecule has 58 heavy (non-hydrogen) atoms. The van der Waals surface area contributed by atoms with Gasteiger partial charge in [0.1, 0.15) is 0 Å². The van der Waals surface area contributed by atoms with Gasteiger partial charge in [-0.05, 0) is 23.5 Å². The summed E-state index contributed by atoms with van der Waals surface area (Å²) in [4.78, 5) is 7.73. The Kier molecular flexibility index (Phi) is 9.62. The average molecular weight is 950 g/mol. The van der Waals surface area contributed by atoms with Crippen LogP contribution < -0.4 is 9.64 Å². The number of nitrogens with zero attached hydrogens (tertiary/aromatic N) is 4. The van der Waals surface area contributed by atoms with Crippen LogP contribution in [0.1, 0.15) is 135 Å². The fourth-order valence-electron chi connectivity index (χ4n) is 10.3. The molecule has 2 unspecified atom stereocenters. The van der Waals surface area contributed by atoms with Gasteiger partial charge in [-0.2, -0.15) is 0 Å². The van der Waals surface area contributed by atoms with Gasteiger partial charge in [-0.1, -0.05) is 40.0 Å². The molecule has 0 amide bonds. The summed E-state index contributed by atoms with van der Waals surface area (Å²) < 4.78 is 12.6. The first-order valence-electron chi connectivity index (χ1n) is 21.4. The molecular weight excluding hydrogens is 892 g/mol. The first kappa shape index (κ1) is 39.3. The molecule has 1 spiro atoms. The SMILES string of the molecule is CC(C)(C)c1cc(-n2[c](=[Pt])n(-c3[c-]c(Oc4[c-]c5c(cc4)C4CCCC4C4(CCCC4)N5c4cc(C(C)(C)C)ccn4)ccc3)c3ccccc32)cc(C(C)(C)C)c1. The van der Waals surface area contributed by atoms with Crippen LogP contribution in [-0.2, 0) is 35.6 Å². The Balaban J connectivity index is 1.13. The van der Waals surface area contributed by atoms with Gasteiger partial charge >= 0.3 is 289 Å². The van der Waals surface area contributed by atoms with Crippen LogP contribution in [0.5, 0.6) is 11.5 Å². The second kappa shape index (κ2) is 14.2. The van der Waals surface area contributed by atoms with E-state index in [2.05, 4.69) is 187 Å². The van der Waals surface area contributed by atoms with Gasteiger partial charge in [-0.25, -0.2) is 0 Å². The van der Waals surface area contributed by atoms with Gasteiger partial charge in [0.05, 0.1) is 0 Å². The number of hydrogen-bond acceptors (Lipinski definition) is 3. The maximum atomic E-state index is 6.80. The average Bonchev–Trinajstić information content (AvgIpc) is 3.93. The van der Waals surface area contributed by atoms with E-state index < -0.39 is 0 Å². The van der Waals surface area contributed by atoms with Crippen LogP contribution in [0.25, 0.3) is 22.4 Å². The van der Waals surface area contributed by atoms with E-state index in [0.29, 0.717) is 23.3 Å². The van der Waals surface area contributed by atoms with Crippen molar-refractivity contribution in [1.29, 1.82) is 0 Å². The van der Waals surface area contributed by atoms with Crippen LogP contribution in [0.15, 0.2) is 91.1 Å². The number of benzene rings is 4. The summed E-state index contributed by atoms with van der Waals surface area (Å²) in [7, 11) is 0. The van der Waals surface area contributed by atoms with Gasteiger partial charge in [0, 0.05) is 6.20 Å². The summed E-state index contributed by atoms with van der Waals surface area (Å²) in [6.07, 6.45) is 10.8. The molecule has 6 heteroatoms. The Labute approximate surface area is 356 Å². The van der Waals surface area contributed by atoms with Gasteiger partial charge in [0.15, 0.2) is 0 Å². The van der Waals surface area contributed by atoms with Crippen molar-refractivity contribution in [2.45, 2.75) is 135 Å². The number of ether oxygens (including phenoxy) is 1. The fraction of sp³-hybridized carbons (Fsp3) is 0.423. The fourth-order valence-corrected chi connectivity index (χ4v) is 11.4. The van der Waals surface area contributed by atoms with Gasteiger partial charge in [-0.3, -0.25) is 0 Å². The third-order valence-corrected chi connectivity index (χ3v) is 14.4. The molecule has 2 atom stereocenters. The minimum absolute atomic E-state index is 0.00814. The molecule has 5 nitrogen and oxygen atoms in total. The van der Waals surface area contributed by atoms with Gasteiger partial charge in [0.25, 0.3) is 0 Å². The molecule has 9 rings (SSSR count). The zero-order valence-electron chi connectivity index (χ0n) is 35.8. The Morgan fingerprint density at radius 1 is 0.672 bits per heavy atom. The number of pyridine rings is 1. The summed E-state index contributed by atoms with van der Waals surface area (Å²) >= 11 is 2.49. The standard InChI is InChI=1S/C52H58N4O.Pt/c1-49(2,3)35-24-27-53-48(31-35)56-47-33-41(22-23-43(47)42-18-15-19-44(42)52(56)25-12-13-26-52)57-40-17-14-16-38(32-40)54-34-55(46-21-11-10-20-45(46)54)39-29-36(50(4,5)6)28-37(30-39)51(7,8)9;/h10-11,14,16-17,20-24,27-31,42,44H,12-13,15,18-19,25-26H2,1-9H3;/q-2;. The van der Waals surface area contributed by atoms with E-state index in [0.717, 1.165) is 32.0 Å².